The third-order valence-corrected chi connectivity index (χ3v) is 8.49. The highest BCUT2D eigenvalue weighted by Gasteiger charge is 2.36. The largest absolute Gasteiger partial charge is 0.460 e. The molecule has 0 bridgehead atoms. The minimum atomic E-state index is -1.76. The third-order valence-electron chi connectivity index (χ3n) is 3.95. The maximum Gasteiger partial charge on any atom is 0.338 e. The zero-order valence-electron chi connectivity index (χ0n) is 13.4. The van der Waals surface area contributed by atoms with Crippen LogP contribution in [0.1, 0.15) is 36.7 Å². The van der Waals surface area contributed by atoms with Crippen LogP contribution >= 0.6 is 0 Å². The molecule has 0 aliphatic carbocycles. The molecule has 0 atom stereocenters. The second kappa shape index (κ2) is 6.55. The van der Waals surface area contributed by atoms with Gasteiger partial charge in [-0.05, 0) is 36.7 Å². The van der Waals surface area contributed by atoms with Crippen LogP contribution in [0.25, 0.3) is 0 Å². The average molecular weight is 294 g/mol. The van der Waals surface area contributed by atoms with Crippen LogP contribution in [0.4, 0.5) is 0 Å². The maximum atomic E-state index is 11.9. The fourth-order valence-corrected chi connectivity index (χ4v) is 2.55. The van der Waals surface area contributed by atoms with E-state index in [2.05, 4.69) is 33.9 Å². The molecule has 0 aliphatic rings. The van der Waals surface area contributed by atoms with Gasteiger partial charge in [0, 0.05) is 0 Å². The molecule has 4 heteroatoms. The van der Waals surface area contributed by atoms with Crippen molar-refractivity contribution < 1.29 is 14.0 Å². The number of benzene rings is 1. The topological polar surface area (TPSA) is 35.5 Å². The lowest BCUT2D eigenvalue weighted by atomic mass is 10.1. The highest BCUT2D eigenvalue weighted by atomic mass is 28.4. The second-order valence-electron chi connectivity index (χ2n) is 6.56. The van der Waals surface area contributed by atoms with Gasteiger partial charge in [-0.1, -0.05) is 39.0 Å². The van der Waals surface area contributed by atoms with Crippen molar-refractivity contribution in [3.8, 4) is 0 Å². The summed E-state index contributed by atoms with van der Waals surface area (Å²) in [5.74, 6) is -0.276. The van der Waals surface area contributed by atoms with Crippen molar-refractivity contribution in [2.75, 3.05) is 13.2 Å². The average Bonchev–Trinajstić information content (AvgIpc) is 2.33. The first-order valence-electron chi connectivity index (χ1n) is 7.02. The lowest BCUT2D eigenvalue weighted by molar-refractivity contribution is 0.0441. The van der Waals surface area contributed by atoms with E-state index in [1.54, 1.807) is 6.07 Å². The molecule has 0 radical (unpaired) electrons. The first-order valence-corrected chi connectivity index (χ1v) is 9.93. The monoisotopic (exact) mass is 294 g/mol. The van der Waals surface area contributed by atoms with Crippen molar-refractivity contribution in [2.45, 2.75) is 45.8 Å². The molecule has 0 aromatic heterocycles. The summed E-state index contributed by atoms with van der Waals surface area (Å²) in [6, 6.07) is 7.44. The highest BCUT2D eigenvalue weighted by molar-refractivity contribution is 6.74. The first kappa shape index (κ1) is 16.9. The Kier molecular flexibility index (Phi) is 5.54. The van der Waals surface area contributed by atoms with Crippen molar-refractivity contribution in [1.29, 1.82) is 0 Å². The molecule has 1 aromatic carbocycles. The molecule has 0 heterocycles. The quantitative estimate of drug-likeness (QED) is 0.464. The molecule has 20 heavy (non-hydrogen) atoms. The Labute approximate surface area is 123 Å². The molecule has 0 saturated carbocycles. The normalized spacial score (nSPS) is 12.3. The van der Waals surface area contributed by atoms with Gasteiger partial charge in [0.1, 0.15) is 6.61 Å². The summed E-state index contributed by atoms with van der Waals surface area (Å²) in [5, 5.41) is 0.174. The Morgan fingerprint density at radius 2 is 1.75 bits per heavy atom. The molecule has 0 N–H and O–H groups in total. The van der Waals surface area contributed by atoms with Crippen molar-refractivity contribution in [2.24, 2.45) is 0 Å². The molecule has 0 fully saturated rings. The second-order valence-corrected chi connectivity index (χ2v) is 11.4. The van der Waals surface area contributed by atoms with Crippen molar-refractivity contribution in [1.82, 2.24) is 0 Å². The van der Waals surface area contributed by atoms with E-state index in [0.29, 0.717) is 18.8 Å². The number of rotatable bonds is 5. The predicted molar refractivity (Wildman–Crippen MR) is 84.6 cm³/mol. The maximum absolute atomic E-state index is 11.9. The Hall–Kier alpha value is -1.13. The summed E-state index contributed by atoms with van der Waals surface area (Å²) in [4.78, 5) is 11.9. The molecule has 112 valence electrons. The van der Waals surface area contributed by atoms with Crippen LogP contribution in [-0.2, 0) is 9.16 Å². The van der Waals surface area contributed by atoms with E-state index < -0.39 is 8.32 Å². The summed E-state index contributed by atoms with van der Waals surface area (Å²) >= 11 is 0. The van der Waals surface area contributed by atoms with E-state index in [0.717, 1.165) is 5.56 Å². The molecule has 1 rings (SSSR count). The molecular weight excluding hydrogens is 268 g/mol. The van der Waals surface area contributed by atoms with Gasteiger partial charge in [-0.3, -0.25) is 0 Å². The van der Waals surface area contributed by atoms with E-state index in [1.165, 1.54) is 0 Å². The Balaban J connectivity index is 2.43. The van der Waals surface area contributed by atoms with Gasteiger partial charge in [0.25, 0.3) is 0 Å². The van der Waals surface area contributed by atoms with Crippen molar-refractivity contribution in [3.63, 3.8) is 0 Å². The third kappa shape index (κ3) is 4.46. The highest BCUT2D eigenvalue weighted by Crippen LogP contribution is 2.36. The molecule has 3 nitrogen and oxygen atoms in total. The zero-order valence-corrected chi connectivity index (χ0v) is 14.4. The van der Waals surface area contributed by atoms with Crippen LogP contribution in [0, 0.1) is 6.92 Å². The summed E-state index contributed by atoms with van der Waals surface area (Å²) in [5.41, 5.74) is 1.56. The van der Waals surface area contributed by atoms with Gasteiger partial charge >= 0.3 is 5.97 Å². The number of carbonyl (C=O) groups excluding carboxylic acids is 1. The van der Waals surface area contributed by atoms with Crippen molar-refractivity contribution in [3.05, 3.63) is 35.4 Å². The minimum Gasteiger partial charge on any atom is -0.460 e. The van der Waals surface area contributed by atoms with Gasteiger partial charge in [-0.15, -0.1) is 0 Å². The number of esters is 1. The zero-order chi connectivity index (χ0) is 15.4. The molecule has 0 unspecified atom stereocenters. The first-order chi connectivity index (χ1) is 9.15. The Bertz CT molecular complexity index is 461. The Morgan fingerprint density at radius 3 is 2.30 bits per heavy atom. The number of ether oxygens (including phenoxy) is 1. The molecule has 0 spiro atoms. The van der Waals surface area contributed by atoms with Gasteiger partial charge < -0.3 is 9.16 Å². The molecule has 0 saturated heterocycles. The molecular formula is C16H26O3Si. The number of carbonyl (C=O) groups is 1. The molecule has 0 aliphatic heterocycles. The fraction of sp³-hybridized carbons (Fsp3) is 0.562. The minimum absolute atomic E-state index is 0.174. The summed E-state index contributed by atoms with van der Waals surface area (Å²) < 4.78 is 11.2. The van der Waals surface area contributed by atoms with Gasteiger partial charge in [0.15, 0.2) is 8.32 Å². The van der Waals surface area contributed by atoms with E-state index >= 15 is 0 Å². The lowest BCUT2D eigenvalue weighted by Crippen LogP contribution is -2.41. The summed E-state index contributed by atoms with van der Waals surface area (Å²) in [6.45, 7) is 13.6. The van der Waals surface area contributed by atoms with E-state index in [4.69, 9.17) is 9.16 Å². The van der Waals surface area contributed by atoms with Crippen LogP contribution in [0.2, 0.25) is 18.1 Å². The number of hydrogen-bond donors (Lipinski definition) is 0. The predicted octanol–water partition coefficient (Wildman–Crippen LogP) is 4.17. The van der Waals surface area contributed by atoms with Crippen LogP contribution < -0.4 is 0 Å². The van der Waals surface area contributed by atoms with Crippen molar-refractivity contribution >= 4 is 14.3 Å². The Morgan fingerprint density at radius 1 is 1.15 bits per heavy atom. The molecule has 0 amide bonds. The number of hydrogen-bond acceptors (Lipinski definition) is 3. The summed E-state index contributed by atoms with van der Waals surface area (Å²) in [7, 11) is -1.76. The lowest BCUT2D eigenvalue weighted by Gasteiger charge is -2.36. The smallest absolute Gasteiger partial charge is 0.338 e. The van der Waals surface area contributed by atoms with Crippen LogP contribution in [-0.4, -0.2) is 27.5 Å². The van der Waals surface area contributed by atoms with Gasteiger partial charge in [0.05, 0.1) is 12.2 Å². The van der Waals surface area contributed by atoms with E-state index in [-0.39, 0.29) is 11.0 Å². The van der Waals surface area contributed by atoms with Gasteiger partial charge in [-0.25, -0.2) is 4.79 Å². The van der Waals surface area contributed by atoms with Crippen LogP contribution in [0.5, 0.6) is 0 Å². The van der Waals surface area contributed by atoms with E-state index in [9.17, 15) is 4.79 Å². The van der Waals surface area contributed by atoms with Crippen LogP contribution in [0.3, 0.4) is 0 Å². The molecule has 1 aromatic rings. The summed E-state index contributed by atoms with van der Waals surface area (Å²) in [6.07, 6.45) is 0. The number of aryl methyl sites for hydroxylation is 1. The van der Waals surface area contributed by atoms with Gasteiger partial charge in [-0.2, -0.15) is 0 Å². The van der Waals surface area contributed by atoms with Crippen LogP contribution in [0.15, 0.2) is 24.3 Å². The fourth-order valence-electron chi connectivity index (χ4n) is 1.53. The van der Waals surface area contributed by atoms with E-state index in [1.807, 2.05) is 25.1 Å². The SMILES string of the molecule is Cc1ccccc1C(=O)OCCO[Si](C)(C)C(C)(C)C. The van der Waals surface area contributed by atoms with Gasteiger partial charge in [0.2, 0.25) is 0 Å². The standard InChI is InChI=1S/C16H26O3Si/c1-13-9-7-8-10-14(13)15(17)18-11-12-19-20(5,6)16(2,3)4/h7-10H,11-12H2,1-6H3.